The number of pyridine rings is 1. The molecule has 4 rings (SSSR count). The molecule has 0 bridgehead atoms. The number of halogens is 2. The lowest BCUT2D eigenvalue weighted by molar-refractivity contribution is 0.202. The van der Waals surface area contributed by atoms with Crippen molar-refractivity contribution in [3.63, 3.8) is 0 Å². The number of rotatable bonds is 5. The lowest BCUT2D eigenvalue weighted by Gasteiger charge is -2.32. The third kappa shape index (κ3) is 4.22. The molecule has 0 aliphatic rings. The predicted molar refractivity (Wildman–Crippen MR) is 126 cm³/mol. The SMILES string of the molecule is CCN(C(=O)Nc1ccc(F)c(Cl)c1)[C@H](c1ccccc1)c1c[nH]c(=O)c2ccccc12. The Labute approximate surface area is 189 Å². The van der Waals surface area contributed by atoms with Crippen molar-refractivity contribution in [1.29, 1.82) is 0 Å². The number of aromatic amines is 1. The standard InChI is InChI=1S/C25H21ClFN3O2/c1-2-30(25(32)29-17-12-13-22(27)21(26)14-17)23(16-8-4-3-5-9-16)20-15-28-24(31)19-11-7-6-10-18(19)20/h3-15,23H,2H2,1H3,(H,28,31)(H,29,32)/t23-/m1/s1. The van der Waals surface area contributed by atoms with E-state index in [4.69, 9.17) is 11.6 Å². The molecule has 0 aliphatic carbocycles. The molecule has 0 aliphatic heterocycles. The highest BCUT2D eigenvalue weighted by Crippen LogP contribution is 2.33. The van der Waals surface area contributed by atoms with Gasteiger partial charge in [0, 0.05) is 29.4 Å². The van der Waals surface area contributed by atoms with Gasteiger partial charge in [-0.25, -0.2) is 9.18 Å². The van der Waals surface area contributed by atoms with E-state index in [0.29, 0.717) is 17.6 Å². The first-order valence-electron chi connectivity index (χ1n) is 10.2. The number of H-pyrrole nitrogens is 1. The number of hydrogen-bond donors (Lipinski definition) is 2. The number of fused-ring (bicyclic) bond motifs is 1. The highest BCUT2D eigenvalue weighted by Gasteiger charge is 2.28. The Kier molecular flexibility index (Phi) is 6.23. The van der Waals surface area contributed by atoms with E-state index in [0.717, 1.165) is 16.5 Å². The molecule has 2 amide bonds. The smallest absolute Gasteiger partial charge is 0.322 e. The monoisotopic (exact) mass is 449 g/mol. The van der Waals surface area contributed by atoms with Crippen molar-refractivity contribution >= 4 is 34.1 Å². The number of anilines is 1. The van der Waals surface area contributed by atoms with Crippen molar-refractivity contribution in [2.75, 3.05) is 11.9 Å². The van der Waals surface area contributed by atoms with Crippen molar-refractivity contribution in [2.24, 2.45) is 0 Å². The van der Waals surface area contributed by atoms with Gasteiger partial charge < -0.3 is 15.2 Å². The van der Waals surface area contributed by atoms with Crippen LogP contribution < -0.4 is 10.9 Å². The summed E-state index contributed by atoms with van der Waals surface area (Å²) in [6.45, 7) is 2.26. The number of nitrogens with one attached hydrogen (secondary N) is 2. The highest BCUT2D eigenvalue weighted by atomic mass is 35.5. The fraction of sp³-hybridized carbons (Fsp3) is 0.120. The van der Waals surface area contributed by atoms with Gasteiger partial charge in [-0.15, -0.1) is 0 Å². The molecule has 1 heterocycles. The molecule has 0 saturated heterocycles. The number of nitrogens with zero attached hydrogens (tertiary/aromatic N) is 1. The van der Waals surface area contributed by atoms with Crippen molar-refractivity contribution < 1.29 is 9.18 Å². The molecule has 0 saturated carbocycles. The van der Waals surface area contributed by atoms with Crippen LogP contribution in [0.2, 0.25) is 5.02 Å². The molecule has 1 atom stereocenters. The number of hydrogen-bond acceptors (Lipinski definition) is 2. The number of aromatic nitrogens is 1. The van der Waals surface area contributed by atoms with E-state index in [2.05, 4.69) is 10.3 Å². The molecule has 1 aromatic heterocycles. The lowest BCUT2D eigenvalue weighted by Crippen LogP contribution is -2.39. The summed E-state index contributed by atoms with van der Waals surface area (Å²) in [5, 5.41) is 4.05. The molecule has 32 heavy (non-hydrogen) atoms. The van der Waals surface area contributed by atoms with Gasteiger partial charge in [0.25, 0.3) is 5.56 Å². The van der Waals surface area contributed by atoms with Crippen LogP contribution in [0.25, 0.3) is 10.8 Å². The highest BCUT2D eigenvalue weighted by molar-refractivity contribution is 6.31. The van der Waals surface area contributed by atoms with Crippen LogP contribution in [0.15, 0.2) is 83.8 Å². The largest absolute Gasteiger partial charge is 0.328 e. The number of carbonyl (C=O) groups is 1. The van der Waals surface area contributed by atoms with Gasteiger partial charge in [-0.05, 0) is 42.1 Å². The summed E-state index contributed by atoms with van der Waals surface area (Å²) in [6.07, 6.45) is 1.66. The molecule has 7 heteroatoms. The number of urea groups is 1. The Morgan fingerprint density at radius 3 is 2.44 bits per heavy atom. The van der Waals surface area contributed by atoms with Crippen LogP contribution in [-0.4, -0.2) is 22.5 Å². The van der Waals surface area contributed by atoms with Gasteiger partial charge in [-0.1, -0.05) is 60.1 Å². The first-order chi connectivity index (χ1) is 15.5. The molecule has 2 N–H and O–H groups in total. The minimum Gasteiger partial charge on any atom is -0.328 e. The maximum absolute atomic E-state index is 13.5. The van der Waals surface area contributed by atoms with Crippen LogP contribution in [-0.2, 0) is 0 Å². The summed E-state index contributed by atoms with van der Waals surface area (Å²) in [7, 11) is 0. The number of benzene rings is 3. The average Bonchev–Trinajstić information content (AvgIpc) is 2.81. The third-order valence-corrected chi connectivity index (χ3v) is 5.63. The van der Waals surface area contributed by atoms with Gasteiger partial charge in [0.15, 0.2) is 0 Å². The molecule has 4 aromatic rings. The maximum Gasteiger partial charge on any atom is 0.322 e. The Bertz CT molecular complexity index is 1320. The molecular formula is C25H21ClFN3O2. The van der Waals surface area contributed by atoms with Crippen LogP contribution in [0.5, 0.6) is 0 Å². The zero-order valence-electron chi connectivity index (χ0n) is 17.3. The summed E-state index contributed by atoms with van der Waals surface area (Å²) in [6, 6.07) is 20.1. The van der Waals surface area contributed by atoms with E-state index >= 15 is 0 Å². The van der Waals surface area contributed by atoms with E-state index < -0.39 is 11.9 Å². The van der Waals surface area contributed by atoms with E-state index in [-0.39, 0.29) is 16.6 Å². The molecule has 0 spiro atoms. The minimum absolute atomic E-state index is 0.0721. The minimum atomic E-state index is -0.557. The summed E-state index contributed by atoms with van der Waals surface area (Å²) in [4.78, 5) is 30.2. The Balaban J connectivity index is 1.81. The summed E-state index contributed by atoms with van der Waals surface area (Å²) < 4.78 is 13.5. The van der Waals surface area contributed by atoms with Crippen LogP contribution in [0.1, 0.15) is 24.1 Å². The van der Waals surface area contributed by atoms with Gasteiger partial charge in [-0.2, -0.15) is 0 Å². The van der Waals surface area contributed by atoms with Crippen molar-refractivity contribution in [3.8, 4) is 0 Å². The molecule has 162 valence electrons. The predicted octanol–water partition coefficient (Wildman–Crippen LogP) is 5.96. The second-order valence-electron chi connectivity index (χ2n) is 7.28. The Morgan fingerprint density at radius 1 is 1.06 bits per heavy atom. The molecule has 0 fully saturated rings. The van der Waals surface area contributed by atoms with Gasteiger partial charge in [-0.3, -0.25) is 4.79 Å². The third-order valence-electron chi connectivity index (χ3n) is 5.34. The normalized spacial score (nSPS) is 11.8. The Hall–Kier alpha value is -3.64. The van der Waals surface area contributed by atoms with Crippen molar-refractivity contribution in [2.45, 2.75) is 13.0 Å². The summed E-state index contributed by atoms with van der Waals surface area (Å²) in [5.41, 5.74) is 1.88. The fourth-order valence-electron chi connectivity index (χ4n) is 3.83. The first kappa shape index (κ1) is 21.6. The first-order valence-corrected chi connectivity index (χ1v) is 10.6. The van der Waals surface area contributed by atoms with Gasteiger partial charge in [0.05, 0.1) is 11.1 Å². The van der Waals surface area contributed by atoms with Crippen LogP contribution >= 0.6 is 11.6 Å². The molecule has 5 nitrogen and oxygen atoms in total. The molecular weight excluding hydrogens is 429 g/mol. The van der Waals surface area contributed by atoms with Gasteiger partial charge in [0.1, 0.15) is 5.82 Å². The molecule has 0 radical (unpaired) electrons. The summed E-state index contributed by atoms with van der Waals surface area (Å²) >= 11 is 5.87. The quantitative estimate of drug-likeness (QED) is 0.394. The van der Waals surface area contributed by atoms with E-state index in [9.17, 15) is 14.0 Å². The van der Waals surface area contributed by atoms with Crippen LogP contribution in [0, 0.1) is 5.82 Å². The Morgan fingerprint density at radius 2 is 1.75 bits per heavy atom. The van der Waals surface area contributed by atoms with Gasteiger partial charge >= 0.3 is 6.03 Å². The lowest BCUT2D eigenvalue weighted by atomic mass is 9.94. The zero-order valence-corrected chi connectivity index (χ0v) is 18.1. The molecule has 3 aromatic carbocycles. The number of carbonyl (C=O) groups excluding carboxylic acids is 1. The molecule has 0 unspecified atom stereocenters. The fourth-order valence-corrected chi connectivity index (χ4v) is 4.01. The zero-order chi connectivity index (χ0) is 22.7. The van der Waals surface area contributed by atoms with E-state index in [1.165, 1.54) is 18.2 Å². The maximum atomic E-state index is 13.5. The average molecular weight is 450 g/mol. The number of amides is 2. The van der Waals surface area contributed by atoms with Crippen LogP contribution in [0.4, 0.5) is 14.9 Å². The van der Waals surface area contributed by atoms with E-state index in [1.54, 1.807) is 23.2 Å². The van der Waals surface area contributed by atoms with Crippen LogP contribution in [0.3, 0.4) is 0 Å². The van der Waals surface area contributed by atoms with Crippen molar-refractivity contribution in [3.05, 3.63) is 111 Å². The van der Waals surface area contributed by atoms with E-state index in [1.807, 2.05) is 49.4 Å². The van der Waals surface area contributed by atoms with Crippen molar-refractivity contribution in [1.82, 2.24) is 9.88 Å². The summed E-state index contributed by atoms with van der Waals surface area (Å²) in [5.74, 6) is -0.557. The van der Waals surface area contributed by atoms with Gasteiger partial charge in [0.2, 0.25) is 0 Å². The second kappa shape index (κ2) is 9.24. The topological polar surface area (TPSA) is 65.2 Å². The second-order valence-corrected chi connectivity index (χ2v) is 7.68.